The van der Waals surface area contributed by atoms with Crippen molar-refractivity contribution >= 4 is 19.6 Å². The number of hydrogen-bond acceptors (Lipinski definition) is 1. The molecule has 1 unspecified atom stereocenters. The average Bonchev–Trinajstić information content (AvgIpc) is 2.30. The molecule has 0 bridgehead atoms. The average molecular weight is 218 g/mol. The minimum atomic E-state index is -1.65. The van der Waals surface area contributed by atoms with E-state index in [0.717, 1.165) is 6.61 Å². The topological polar surface area (TPSA) is 9.23 Å². The van der Waals surface area contributed by atoms with Gasteiger partial charge in [-0.1, -0.05) is 43.3 Å². The largest absolute Gasteiger partial charge is 0.413 e. The van der Waals surface area contributed by atoms with Crippen LogP contribution in [0.5, 0.6) is 0 Å². The molecule has 80 valence electrons. The van der Waals surface area contributed by atoms with Gasteiger partial charge in [0.2, 0.25) is 8.32 Å². The molecule has 1 atom stereocenters. The molecule has 1 aliphatic rings. The fourth-order valence-electron chi connectivity index (χ4n) is 2.30. The van der Waals surface area contributed by atoms with Gasteiger partial charge in [0.15, 0.2) is 0 Å². The van der Waals surface area contributed by atoms with Crippen LogP contribution in [0, 0.1) is 0 Å². The molecule has 1 nitrogen and oxygen atoms in total. The Hall–Kier alpha value is -0.863. The van der Waals surface area contributed by atoms with Gasteiger partial charge in [-0.05, 0) is 29.8 Å². The first-order valence-electron chi connectivity index (χ1n) is 5.62. The molecule has 0 N–H and O–H groups in total. The molecule has 1 aromatic rings. The fraction of sp³-hybridized carbons (Fsp3) is 0.385. The van der Waals surface area contributed by atoms with E-state index >= 15 is 0 Å². The lowest BCUT2D eigenvalue weighted by Gasteiger charge is -2.33. The van der Waals surface area contributed by atoms with Crippen molar-refractivity contribution in [1.29, 1.82) is 0 Å². The van der Waals surface area contributed by atoms with Crippen molar-refractivity contribution < 1.29 is 4.43 Å². The molecular formula is C13H18OSi. The zero-order valence-electron chi connectivity index (χ0n) is 9.33. The van der Waals surface area contributed by atoms with Crippen LogP contribution in [0.1, 0.15) is 18.4 Å². The Morgan fingerprint density at radius 1 is 1.33 bits per heavy atom. The molecule has 1 fully saturated rings. The molecule has 1 saturated heterocycles. The van der Waals surface area contributed by atoms with Gasteiger partial charge in [0.1, 0.15) is 0 Å². The first-order valence-corrected chi connectivity index (χ1v) is 8.24. The second kappa shape index (κ2) is 4.33. The highest BCUT2D eigenvalue weighted by atomic mass is 28.4. The van der Waals surface area contributed by atoms with Crippen LogP contribution < -0.4 is 5.19 Å². The lowest BCUT2D eigenvalue weighted by atomic mass is 10.2. The van der Waals surface area contributed by atoms with E-state index in [2.05, 4.69) is 37.4 Å². The molecule has 0 aromatic heterocycles. The molecule has 2 rings (SSSR count). The molecule has 2 heteroatoms. The molecule has 0 saturated carbocycles. The standard InChI is InChI=1S/C13H18OSi/c1-3-12-8-4-5-9-13(12)15(2)11-7-6-10-14-15/h3-5,8-9H,1,6-7,10-11H2,2H3. The molecule has 1 heterocycles. The van der Waals surface area contributed by atoms with E-state index in [0.29, 0.717) is 0 Å². The van der Waals surface area contributed by atoms with Gasteiger partial charge in [0.25, 0.3) is 0 Å². The smallest absolute Gasteiger partial charge is 0.221 e. The van der Waals surface area contributed by atoms with E-state index in [1.54, 1.807) is 0 Å². The summed E-state index contributed by atoms with van der Waals surface area (Å²) in [6, 6.07) is 9.78. The van der Waals surface area contributed by atoms with Gasteiger partial charge in [-0.3, -0.25) is 0 Å². The Morgan fingerprint density at radius 2 is 2.13 bits per heavy atom. The van der Waals surface area contributed by atoms with Gasteiger partial charge in [-0.25, -0.2) is 0 Å². The van der Waals surface area contributed by atoms with Gasteiger partial charge < -0.3 is 4.43 Å². The highest BCUT2D eigenvalue weighted by molar-refractivity contribution is 6.86. The Morgan fingerprint density at radius 3 is 2.80 bits per heavy atom. The maximum atomic E-state index is 6.09. The fourth-order valence-corrected chi connectivity index (χ4v) is 5.64. The summed E-state index contributed by atoms with van der Waals surface area (Å²) in [7, 11) is -1.65. The lowest BCUT2D eigenvalue weighted by molar-refractivity contribution is 0.279. The second-order valence-corrected chi connectivity index (χ2v) is 8.12. The van der Waals surface area contributed by atoms with E-state index in [-0.39, 0.29) is 0 Å². The molecule has 0 spiro atoms. The quantitative estimate of drug-likeness (QED) is 0.694. The first-order chi connectivity index (χ1) is 7.26. The summed E-state index contributed by atoms with van der Waals surface area (Å²) >= 11 is 0. The predicted molar refractivity (Wildman–Crippen MR) is 67.8 cm³/mol. The minimum absolute atomic E-state index is 0.939. The van der Waals surface area contributed by atoms with E-state index < -0.39 is 8.32 Å². The zero-order chi connectivity index (χ0) is 10.7. The third-order valence-electron chi connectivity index (χ3n) is 3.22. The summed E-state index contributed by atoms with van der Waals surface area (Å²) in [6.45, 7) is 7.15. The third kappa shape index (κ3) is 2.06. The Kier molecular flexibility index (Phi) is 3.07. The highest BCUT2D eigenvalue weighted by Gasteiger charge is 2.34. The van der Waals surface area contributed by atoms with Crippen LogP contribution >= 0.6 is 0 Å². The summed E-state index contributed by atoms with van der Waals surface area (Å²) in [6.07, 6.45) is 4.48. The van der Waals surface area contributed by atoms with E-state index in [9.17, 15) is 0 Å². The summed E-state index contributed by atoms with van der Waals surface area (Å²) in [5.74, 6) is 0. The van der Waals surface area contributed by atoms with Crippen molar-refractivity contribution in [3.8, 4) is 0 Å². The summed E-state index contributed by atoms with van der Waals surface area (Å²) in [5, 5.41) is 1.42. The molecule has 1 aliphatic heterocycles. The molecule has 15 heavy (non-hydrogen) atoms. The van der Waals surface area contributed by atoms with Crippen LogP contribution in [-0.4, -0.2) is 14.9 Å². The Balaban J connectivity index is 2.38. The van der Waals surface area contributed by atoms with Crippen LogP contribution in [0.15, 0.2) is 30.8 Å². The van der Waals surface area contributed by atoms with Gasteiger partial charge in [-0.15, -0.1) is 0 Å². The van der Waals surface area contributed by atoms with Crippen LogP contribution in [-0.2, 0) is 4.43 Å². The van der Waals surface area contributed by atoms with Crippen molar-refractivity contribution in [1.82, 2.24) is 0 Å². The van der Waals surface area contributed by atoms with E-state index in [1.165, 1.54) is 29.6 Å². The SMILES string of the molecule is C=Cc1ccccc1[Si]1(C)CCCCO1. The van der Waals surface area contributed by atoms with Crippen molar-refractivity contribution in [2.75, 3.05) is 6.61 Å². The molecular weight excluding hydrogens is 200 g/mol. The number of hydrogen-bond donors (Lipinski definition) is 0. The molecule has 0 radical (unpaired) electrons. The van der Waals surface area contributed by atoms with E-state index in [1.807, 2.05) is 6.08 Å². The Labute approximate surface area is 92.9 Å². The monoisotopic (exact) mass is 218 g/mol. The predicted octanol–water partition coefficient (Wildman–Crippen LogP) is 2.92. The lowest BCUT2D eigenvalue weighted by Crippen LogP contribution is -2.51. The highest BCUT2D eigenvalue weighted by Crippen LogP contribution is 2.22. The van der Waals surface area contributed by atoms with Crippen molar-refractivity contribution in [3.63, 3.8) is 0 Å². The number of rotatable bonds is 2. The summed E-state index contributed by atoms with van der Waals surface area (Å²) in [4.78, 5) is 0. The maximum Gasteiger partial charge on any atom is 0.221 e. The van der Waals surface area contributed by atoms with Crippen molar-refractivity contribution in [3.05, 3.63) is 36.4 Å². The normalized spacial score (nSPS) is 26.2. The van der Waals surface area contributed by atoms with Crippen molar-refractivity contribution in [2.24, 2.45) is 0 Å². The Bertz CT molecular complexity index is 353. The van der Waals surface area contributed by atoms with Crippen LogP contribution in [0.25, 0.3) is 6.08 Å². The van der Waals surface area contributed by atoms with Gasteiger partial charge >= 0.3 is 0 Å². The van der Waals surface area contributed by atoms with Crippen LogP contribution in [0.4, 0.5) is 0 Å². The minimum Gasteiger partial charge on any atom is -0.413 e. The third-order valence-corrected chi connectivity index (χ3v) is 6.96. The maximum absolute atomic E-state index is 6.09. The summed E-state index contributed by atoms with van der Waals surface area (Å²) in [5.41, 5.74) is 1.26. The summed E-state index contributed by atoms with van der Waals surface area (Å²) < 4.78 is 6.09. The second-order valence-electron chi connectivity index (χ2n) is 4.33. The first kappa shape index (κ1) is 10.6. The molecule has 0 amide bonds. The van der Waals surface area contributed by atoms with Crippen LogP contribution in [0.2, 0.25) is 12.6 Å². The number of benzene rings is 1. The molecule has 0 aliphatic carbocycles. The van der Waals surface area contributed by atoms with Gasteiger partial charge in [0, 0.05) is 6.61 Å². The van der Waals surface area contributed by atoms with Crippen LogP contribution in [0.3, 0.4) is 0 Å². The van der Waals surface area contributed by atoms with E-state index in [4.69, 9.17) is 4.43 Å². The zero-order valence-corrected chi connectivity index (χ0v) is 10.3. The van der Waals surface area contributed by atoms with Gasteiger partial charge in [-0.2, -0.15) is 0 Å². The van der Waals surface area contributed by atoms with Crippen molar-refractivity contribution in [2.45, 2.75) is 25.4 Å². The van der Waals surface area contributed by atoms with Gasteiger partial charge in [0.05, 0.1) is 0 Å². The molecule has 1 aromatic carbocycles.